The van der Waals surface area contributed by atoms with Crippen LogP contribution in [0.15, 0.2) is 29.5 Å². The molecule has 0 fully saturated rings. The Balaban J connectivity index is 2.10. The van der Waals surface area contributed by atoms with Gasteiger partial charge in [0.2, 0.25) is 5.91 Å². The number of rotatable bonds is 2. The van der Waals surface area contributed by atoms with Gasteiger partial charge in [0.1, 0.15) is 0 Å². The molecule has 0 spiro atoms. The maximum Gasteiger partial charge on any atom is 0.272 e. The molecule has 1 aromatic carbocycles. The largest absolute Gasteiger partial charge is 0.329 e. The van der Waals surface area contributed by atoms with Crippen LogP contribution in [0.1, 0.15) is 42.7 Å². The van der Waals surface area contributed by atoms with E-state index in [0.717, 1.165) is 6.42 Å². The Morgan fingerprint density at radius 3 is 2.77 bits per heavy atom. The predicted octanol–water partition coefficient (Wildman–Crippen LogP) is 2.51. The van der Waals surface area contributed by atoms with E-state index in [1.807, 2.05) is 0 Å². The Labute approximate surface area is 127 Å². The van der Waals surface area contributed by atoms with Gasteiger partial charge in [0, 0.05) is 41.7 Å². The van der Waals surface area contributed by atoms with Gasteiger partial charge in [0.15, 0.2) is 5.78 Å². The average Bonchev–Trinajstić information content (AvgIpc) is 2.46. The minimum absolute atomic E-state index is 0.0221. The number of benzene rings is 1. The molecule has 1 aromatic rings. The molecule has 6 heteroatoms. The summed E-state index contributed by atoms with van der Waals surface area (Å²) in [6.07, 6.45) is 2.04. The molecular weight excluding hydrogens is 284 g/mol. The normalized spacial score (nSPS) is 21.4. The van der Waals surface area contributed by atoms with Gasteiger partial charge in [-0.2, -0.15) is 0 Å². The maximum absolute atomic E-state index is 12.3. The first kappa shape index (κ1) is 14.4. The standard InChI is InChI=1S/C16H16N2O4/c1-9-5-6-10(7-13(9)18(21)22)11-8-15(20)17-12-3-2-4-14(19)16(11)12/h5-7,11H,2-4,8H2,1H3,(H,17,20)/t11-/m0/s1. The SMILES string of the molecule is Cc1ccc([C@@H]2CC(=O)NC3=C2C(=O)CCC3)cc1[N+](=O)[O-]. The van der Waals surface area contributed by atoms with Gasteiger partial charge in [0.25, 0.3) is 5.69 Å². The van der Waals surface area contributed by atoms with Crippen molar-refractivity contribution in [2.45, 2.75) is 38.5 Å². The molecule has 0 saturated carbocycles. The molecule has 1 aliphatic heterocycles. The molecule has 3 rings (SSSR count). The van der Waals surface area contributed by atoms with Crippen LogP contribution >= 0.6 is 0 Å². The van der Waals surface area contributed by atoms with E-state index in [1.165, 1.54) is 6.07 Å². The second-order valence-electron chi connectivity index (χ2n) is 5.78. The first-order chi connectivity index (χ1) is 10.5. The fourth-order valence-corrected chi connectivity index (χ4v) is 3.23. The summed E-state index contributed by atoms with van der Waals surface area (Å²) >= 11 is 0. The quantitative estimate of drug-likeness (QED) is 0.671. The minimum atomic E-state index is -0.431. The molecule has 22 heavy (non-hydrogen) atoms. The molecular formula is C16H16N2O4. The number of aryl methyl sites for hydroxylation is 1. The highest BCUT2D eigenvalue weighted by Crippen LogP contribution is 2.39. The number of nitro benzene ring substituents is 1. The Kier molecular flexibility index (Phi) is 3.52. The van der Waals surface area contributed by atoms with Crippen molar-refractivity contribution in [2.24, 2.45) is 0 Å². The van der Waals surface area contributed by atoms with E-state index in [1.54, 1.807) is 19.1 Å². The van der Waals surface area contributed by atoms with Crippen LogP contribution in [0.3, 0.4) is 0 Å². The van der Waals surface area contributed by atoms with Crippen molar-refractivity contribution in [2.75, 3.05) is 0 Å². The molecule has 0 saturated heterocycles. The van der Waals surface area contributed by atoms with E-state index in [2.05, 4.69) is 5.32 Å². The minimum Gasteiger partial charge on any atom is -0.329 e. The summed E-state index contributed by atoms with van der Waals surface area (Å²) in [4.78, 5) is 34.8. The summed E-state index contributed by atoms with van der Waals surface area (Å²) in [5.41, 5.74) is 2.58. The van der Waals surface area contributed by atoms with Gasteiger partial charge in [-0.05, 0) is 25.3 Å². The third-order valence-electron chi connectivity index (χ3n) is 4.32. The van der Waals surface area contributed by atoms with Crippen LogP contribution in [0, 0.1) is 17.0 Å². The predicted molar refractivity (Wildman–Crippen MR) is 79.2 cm³/mol. The van der Waals surface area contributed by atoms with Gasteiger partial charge in [-0.1, -0.05) is 12.1 Å². The van der Waals surface area contributed by atoms with E-state index in [-0.39, 0.29) is 29.7 Å². The van der Waals surface area contributed by atoms with Crippen LogP contribution < -0.4 is 5.32 Å². The molecule has 1 amide bonds. The molecule has 1 N–H and O–H groups in total. The summed E-state index contributed by atoms with van der Waals surface area (Å²) in [5, 5.41) is 13.9. The lowest BCUT2D eigenvalue weighted by Gasteiger charge is -2.31. The van der Waals surface area contributed by atoms with Crippen molar-refractivity contribution in [1.29, 1.82) is 0 Å². The second-order valence-corrected chi connectivity index (χ2v) is 5.78. The van der Waals surface area contributed by atoms with E-state index in [9.17, 15) is 19.7 Å². The van der Waals surface area contributed by atoms with E-state index >= 15 is 0 Å². The van der Waals surface area contributed by atoms with Crippen molar-refractivity contribution >= 4 is 17.4 Å². The topological polar surface area (TPSA) is 89.3 Å². The van der Waals surface area contributed by atoms with E-state index in [4.69, 9.17) is 0 Å². The first-order valence-corrected chi connectivity index (χ1v) is 7.28. The Morgan fingerprint density at radius 2 is 2.05 bits per heavy atom. The van der Waals surface area contributed by atoms with Gasteiger partial charge < -0.3 is 5.32 Å². The Bertz CT molecular complexity index is 721. The third-order valence-corrected chi connectivity index (χ3v) is 4.32. The number of ketones is 1. The molecule has 114 valence electrons. The fourth-order valence-electron chi connectivity index (χ4n) is 3.23. The van der Waals surface area contributed by atoms with Crippen molar-refractivity contribution < 1.29 is 14.5 Å². The number of Topliss-reactive ketones (excluding diaryl/α,β-unsaturated/α-hetero) is 1. The van der Waals surface area contributed by atoms with Crippen LogP contribution in [0.4, 0.5) is 5.69 Å². The summed E-state index contributed by atoms with van der Waals surface area (Å²) in [5.74, 6) is -0.480. The molecule has 0 unspecified atom stereocenters. The molecule has 0 bridgehead atoms. The van der Waals surface area contributed by atoms with Crippen molar-refractivity contribution in [3.8, 4) is 0 Å². The first-order valence-electron chi connectivity index (χ1n) is 7.28. The highest BCUT2D eigenvalue weighted by molar-refractivity contribution is 6.01. The monoisotopic (exact) mass is 300 g/mol. The van der Waals surface area contributed by atoms with Crippen molar-refractivity contribution in [3.05, 3.63) is 50.7 Å². The smallest absolute Gasteiger partial charge is 0.272 e. The van der Waals surface area contributed by atoms with E-state index < -0.39 is 4.92 Å². The number of hydrogen-bond acceptors (Lipinski definition) is 4. The van der Waals surface area contributed by atoms with Gasteiger partial charge in [-0.15, -0.1) is 0 Å². The van der Waals surface area contributed by atoms with Crippen LogP contribution in [0.5, 0.6) is 0 Å². The molecule has 1 atom stereocenters. The zero-order valence-corrected chi connectivity index (χ0v) is 12.2. The lowest BCUT2D eigenvalue weighted by atomic mass is 9.78. The number of carbonyl (C=O) groups excluding carboxylic acids is 2. The second kappa shape index (κ2) is 5.36. The van der Waals surface area contributed by atoms with E-state index in [0.29, 0.717) is 35.2 Å². The van der Waals surface area contributed by atoms with Crippen LogP contribution in [0.25, 0.3) is 0 Å². The molecule has 1 aliphatic carbocycles. The van der Waals surface area contributed by atoms with Crippen molar-refractivity contribution in [1.82, 2.24) is 5.32 Å². The van der Waals surface area contributed by atoms with Crippen LogP contribution in [-0.4, -0.2) is 16.6 Å². The number of hydrogen-bond donors (Lipinski definition) is 1. The number of allylic oxidation sites excluding steroid dienone is 2. The summed E-state index contributed by atoms with van der Waals surface area (Å²) in [6, 6.07) is 4.94. The molecule has 6 nitrogen and oxygen atoms in total. The maximum atomic E-state index is 12.3. The van der Waals surface area contributed by atoms with Gasteiger partial charge in [-0.3, -0.25) is 19.7 Å². The molecule has 1 heterocycles. The van der Waals surface area contributed by atoms with Crippen LogP contribution in [0.2, 0.25) is 0 Å². The third kappa shape index (κ3) is 2.41. The number of nitro groups is 1. The van der Waals surface area contributed by atoms with Gasteiger partial charge in [0.05, 0.1) is 4.92 Å². The van der Waals surface area contributed by atoms with Crippen LogP contribution in [-0.2, 0) is 9.59 Å². The zero-order valence-electron chi connectivity index (χ0n) is 12.2. The number of carbonyl (C=O) groups is 2. The molecule has 0 radical (unpaired) electrons. The summed E-state index contributed by atoms with van der Waals surface area (Å²) in [6.45, 7) is 1.67. The lowest BCUT2D eigenvalue weighted by Crippen LogP contribution is -2.36. The summed E-state index contributed by atoms with van der Waals surface area (Å²) in [7, 11) is 0. The highest BCUT2D eigenvalue weighted by Gasteiger charge is 2.35. The average molecular weight is 300 g/mol. The molecule has 0 aromatic heterocycles. The lowest BCUT2D eigenvalue weighted by molar-refractivity contribution is -0.385. The number of nitrogens with zero attached hydrogens (tertiary/aromatic N) is 1. The highest BCUT2D eigenvalue weighted by atomic mass is 16.6. The molecule has 2 aliphatic rings. The number of amides is 1. The number of nitrogens with one attached hydrogen (secondary N) is 1. The van der Waals surface area contributed by atoms with Crippen molar-refractivity contribution in [3.63, 3.8) is 0 Å². The van der Waals surface area contributed by atoms with Gasteiger partial charge in [-0.25, -0.2) is 0 Å². The van der Waals surface area contributed by atoms with Gasteiger partial charge >= 0.3 is 0 Å². The zero-order chi connectivity index (χ0) is 15.9. The summed E-state index contributed by atoms with van der Waals surface area (Å²) < 4.78 is 0. The fraction of sp³-hybridized carbons (Fsp3) is 0.375. The Hall–Kier alpha value is -2.50. The Morgan fingerprint density at radius 1 is 1.27 bits per heavy atom.